The Balaban J connectivity index is 0.817. The summed E-state index contributed by atoms with van der Waals surface area (Å²) in [6.45, 7) is 23.1. The first-order valence-electron chi connectivity index (χ1n) is 28.3. The Hall–Kier alpha value is -8.82. The van der Waals surface area contributed by atoms with Crippen LogP contribution in [0, 0.1) is 0 Å². The standard InChI is InChI=1S/C72H81N7O2/c1-69(2,3)63-43-49(47-73-51-21-25-55(26-22-51)77-59-33-29-57(30-34-59)75-53-17-13-11-14-18-53)45-65(67(63)80)71(7,8)41-42-72(9,10)66-46-50(44-64(68(66)81)70(4,5)6)48-74-52-23-27-56(28-24-52)78-60-37-39-62(40-38-60)79-61-35-31-58(32-36-61)76-54-19-15-12-16-20-54/h11-40,43-46,73-81H,41-42,47-48H2,1-10H3. The molecule has 9 heteroatoms. The smallest absolute Gasteiger partial charge is 0.123 e. The van der Waals surface area contributed by atoms with Gasteiger partial charge in [-0.1, -0.05) is 106 Å². The number of hydrogen-bond donors (Lipinski definition) is 9. The molecule has 9 N–H and O–H groups in total. The van der Waals surface area contributed by atoms with Crippen molar-refractivity contribution < 1.29 is 10.2 Å². The Morgan fingerprint density at radius 3 is 0.716 bits per heavy atom. The summed E-state index contributed by atoms with van der Waals surface area (Å²) in [5.74, 6) is 0.723. The maximum Gasteiger partial charge on any atom is 0.123 e. The minimum Gasteiger partial charge on any atom is -0.507 e. The number of aromatic hydroxyl groups is 2. The van der Waals surface area contributed by atoms with Gasteiger partial charge in [0.15, 0.2) is 0 Å². The predicted octanol–water partition coefficient (Wildman–Crippen LogP) is 19.7. The first kappa shape index (κ1) is 56.9. The minimum atomic E-state index is -0.392. The molecule has 0 heterocycles. The molecule has 0 fully saturated rings. The van der Waals surface area contributed by atoms with Crippen molar-refractivity contribution >= 4 is 68.2 Å². The number of anilines is 12. The molecule has 0 aliphatic carbocycles. The van der Waals surface area contributed by atoms with E-state index < -0.39 is 10.8 Å². The summed E-state index contributed by atoms with van der Waals surface area (Å²) in [4.78, 5) is 0. The highest BCUT2D eigenvalue weighted by molar-refractivity contribution is 5.70. The highest BCUT2D eigenvalue weighted by Gasteiger charge is 2.34. The van der Waals surface area contributed by atoms with Crippen molar-refractivity contribution in [2.75, 3.05) is 37.2 Å². The average molecular weight is 1080 g/mol. The van der Waals surface area contributed by atoms with E-state index in [2.05, 4.69) is 276 Å². The number of rotatable bonds is 21. The van der Waals surface area contributed by atoms with Gasteiger partial charge in [0.1, 0.15) is 11.5 Å². The fourth-order valence-electron chi connectivity index (χ4n) is 10.2. The van der Waals surface area contributed by atoms with Crippen molar-refractivity contribution in [3.05, 3.63) is 240 Å². The normalized spacial score (nSPS) is 11.9. The largest absolute Gasteiger partial charge is 0.507 e. The Morgan fingerprint density at radius 2 is 0.481 bits per heavy atom. The monoisotopic (exact) mass is 1080 g/mol. The van der Waals surface area contributed by atoms with Crippen LogP contribution in [-0.4, -0.2) is 10.2 Å². The van der Waals surface area contributed by atoms with Gasteiger partial charge in [-0.2, -0.15) is 0 Å². The van der Waals surface area contributed by atoms with Gasteiger partial charge in [0.2, 0.25) is 0 Å². The zero-order chi connectivity index (χ0) is 57.4. The second kappa shape index (κ2) is 24.3. The van der Waals surface area contributed by atoms with Crippen LogP contribution in [0.3, 0.4) is 0 Å². The summed E-state index contributed by atoms with van der Waals surface area (Å²) in [6, 6.07) is 70.6. The van der Waals surface area contributed by atoms with Crippen LogP contribution in [0.4, 0.5) is 68.2 Å². The lowest BCUT2D eigenvalue weighted by molar-refractivity contribution is 0.345. The molecule has 0 radical (unpaired) electrons. The molecule has 416 valence electrons. The molecule has 9 nitrogen and oxygen atoms in total. The number of phenolic OH excluding ortho intramolecular Hbond substituents is 2. The zero-order valence-corrected chi connectivity index (χ0v) is 48.9. The zero-order valence-electron chi connectivity index (χ0n) is 48.9. The first-order chi connectivity index (χ1) is 38.6. The van der Waals surface area contributed by atoms with Crippen molar-refractivity contribution in [2.45, 2.75) is 117 Å². The van der Waals surface area contributed by atoms with Crippen molar-refractivity contribution in [1.29, 1.82) is 0 Å². The van der Waals surface area contributed by atoms with Crippen LogP contribution in [0.2, 0.25) is 0 Å². The molecule has 9 rings (SSSR count). The topological polar surface area (TPSA) is 125 Å². The molecule has 0 aliphatic heterocycles. The summed E-state index contributed by atoms with van der Waals surface area (Å²) in [7, 11) is 0. The van der Waals surface area contributed by atoms with Gasteiger partial charge >= 0.3 is 0 Å². The Bertz CT molecular complexity index is 3490. The lowest BCUT2D eigenvalue weighted by Crippen LogP contribution is -2.26. The minimum absolute atomic E-state index is 0.279. The van der Waals surface area contributed by atoms with Crippen LogP contribution in [0.5, 0.6) is 11.5 Å². The highest BCUT2D eigenvalue weighted by Crippen LogP contribution is 2.47. The molecule has 9 aromatic carbocycles. The van der Waals surface area contributed by atoms with E-state index in [1.165, 1.54) is 0 Å². The molecule has 0 amide bonds. The van der Waals surface area contributed by atoms with Crippen molar-refractivity contribution in [2.24, 2.45) is 0 Å². The second-order valence-electron chi connectivity index (χ2n) is 24.8. The van der Waals surface area contributed by atoms with Crippen LogP contribution in [0.15, 0.2) is 206 Å². The first-order valence-corrected chi connectivity index (χ1v) is 28.3. The molecule has 0 unspecified atom stereocenters. The summed E-state index contributed by atoms with van der Waals surface area (Å²) in [5.41, 5.74) is 16.8. The molecular formula is C72H81N7O2. The van der Waals surface area contributed by atoms with Crippen LogP contribution >= 0.6 is 0 Å². The molecule has 81 heavy (non-hydrogen) atoms. The second-order valence-corrected chi connectivity index (χ2v) is 24.8. The third-order valence-electron chi connectivity index (χ3n) is 15.2. The van der Waals surface area contributed by atoms with Gasteiger partial charge in [0.25, 0.3) is 0 Å². The maximum absolute atomic E-state index is 12.1. The maximum atomic E-state index is 12.1. The van der Waals surface area contributed by atoms with Gasteiger partial charge in [-0.05, 0) is 227 Å². The number of hydrogen-bond acceptors (Lipinski definition) is 9. The molecule has 0 saturated carbocycles. The van der Waals surface area contributed by atoms with Crippen LogP contribution < -0.4 is 37.2 Å². The van der Waals surface area contributed by atoms with E-state index in [4.69, 9.17) is 0 Å². The molecule has 0 atom stereocenters. The summed E-state index contributed by atoms with van der Waals surface area (Å²) in [5, 5.41) is 48.9. The fourth-order valence-corrected chi connectivity index (χ4v) is 10.2. The van der Waals surface area contributed by atoms with Crippen LogP contribution in [-0.2, 0) is 34.7 Å². The van der Waals surface area contributed by atoms with Crippen molar-refractivity contribution in [1.82, 2.24) is 0 Å². The molecule has 0 aliphatic rings. The van der Waals surface area contributed by atoms with Gasteiger partial charge in [-0.15, -0.1) is 0 Å². The molecule has 0 spiro atoms. The van der Waals surface area contributed by atoms with E-state index in [9.17, 15) is 10.2 Å². The van der Waals surface area contributed by atoms with Gasteiger partial charge < -0.3 is 47.4 Å². The van der Waals surface area contributed by atoms with Gasteiger partial charge in [-0.25, -0.2) is 0 Å². The molecule has 9 aromatic rings. The Morgan fingerprint density at radius 1 is 0.272 bits per heavy atom. The third kappa shape index (κ3) is 15.1. The van der Waals surface area contributed by atoms with E-state index in [0.717, 1.165) is 114 Å². The van der Waals surface area contributed by atoms with Crippen molar-refractivity contribution in [3.63, 3.8) is 0 Å². The number of benzene rings is 9. The van der Waals surface area contributed by atoms with E-state index in [-0.39, 0.29) is 10.8 Å². The van der Waals surface area contributed by atoms with Gasteiger partial charge in [-0.3, -0.25) is 0 Å². The summed E-state index contributed by atoms with van der Waals surface area (Å²) in [6.07, 6.45) is 1.57. The van der Waals surface area contributed by atoms with Crippen LogP contribution in [0.1, 0.15) is 115 Å². The van der Waals surface area contributed by atoms with E-state index in [1.807, 2.05) is 36.4 Å². The fraction of sp³-hybridized carbons (Fsp3) is 0.250. The molecule has 0 saturated heterocycles. The quantitative estimate of drug-likeness (QED) is 0.0346. The lowest BCUT2D eigenvalue weighted by Gasteiger charge is -2.35. The predicted molar refractivity (Wildman–Crippen MR) is 345 cm³/mol. The van der Waals surface area contributed by atoms with E-state index in [0.29, 0.717) is 24.6 Å². The van der Waals surface area contributed by atoms with E-state index in [1.54, 1.807) is 0 Å². The molecular weight excluding hydrogens is 995 g/mol. The third-order valence-corrected chi connectivity index (χ3v) is 15.2. The van der Waals surface area contributed by atoms with Crippen LogP contribution in [0.25, 0.3) is 0 Å². The Labute approximate surface area is 481 Å². The van der Waals surface area contributed by atoms with Gasteiger partial charge in [0.05, 0.1) is 0 Å². The lowest BCUT2D eigenvalue weighted by atomic mass is 9.70. The number of phenols is 2. The van der Waals surface area contributed by atoms with Crippen molar-refractivity contribution in [3.8, 4) is 11.5 Å². The van der Waals surface area contributed by atoms with E-state index >= 15 is 0 Å². The number of nitrogens with one attached hydrogen (secondary N) is 7. The molecule has 0 aromatic heterocycles. The average Bonchev–Trinajstić information content (AvgIpc) is 3.60. The Kier molecular flexibility index (Phi) is 17.0. The molecule has 0 bridgehead atoms. The van der Waals surface area contributed by atoms with Gasteiger partial charge in [0, 0.05) is 92.5 Å². The summed E-state index contributed by atoms with van der Waals surface area (Å²) < 4.78 is 0. The number of para-hydroxylation sites is 2. The highest BCUT2D eigenvalue weighted by atomic mass is 16.3. The summed E-state index contributed by atoms with van der Waals surface area (Å²) >= 11 is 0. The SMILES string of the molecule is CC(C)(C)c1cc(CNc2ccc(Nc3ccc(Nc4ccccc4)cc3)cc2)cc(C(C)(C)CCC(C)(C)c2cc(CNc3ccc(Nc4ccc(Nc5ccc(Nc6ccccc6)cc5)cc4)cc3)cc(C(C)(C)C)c2O)c1O.